The lowest BCUT2D eigenvalue weighted by Gasteiger charge is -2.08. The maximum absolute atomic E-state index is 13.7. The number of carbonyl (C=O) groups excluding carboxylic acids is 1. The van der Waals surface area contributed by atoms with E-state index in [1.54, 1.807) is 18.2 Å². The number of benzene rings is 2. The van der Waals surface area contributed by atoms with E-state index in [0.29, 0.717) is 16.4 Å². The zero-order valence-corrected chi connectivity index (χ0v) is 15.2. The molecule has 0 saturated carbocycles. The van der Waals surface area contributed by atoms with E-state index in [1.165, 1.54) is 23.5 Å². The topological polar surface area (TPSA) is 51.2 Å². The second-order valence-electron chi connectivity index (χ2n) is 5.67. The van der Waals surface area contributed by atoms with E-state index in [2.05, 4.69) is 17.2 Å². The second-order valence-corrected chi connectivity index (χ2v) is 6.70. The summed E-state index contributed by atoms with van der Waals surface area (Å²) in [7, 11) is 0. The summed E-state index contributed by atoms with van der Waals surface area (Å²) in [5.74, 6) is 0.0211. The molecule has 0 fully saturated rings. The van der Waals surface area contributed by atoms with Gasteiger partial charge in [-0.25, -0.2) is 9.37 Å². The number of carbonyl (C=O) groups is 1. The van der Waals surface area contributed by atoms with Crippen molar-refractivity contribution in [2.75, 3.05) is 11.9 Å². The summed E-state index contributed by atoms with van der Waals surface area (Å²) in [5.41, 5.74) is 1.10. The number of nitrogens with one attached hydrogen (secondary N) is 1. The molecular formula is C20H19FN2O2S. The zero-order chi connectivity index (χ0) is 18.4. The molecule has 3 aromatic rings. The Labute approximate surface area is 155 Å². The van der Waals surface area contributed by atoms with Gasteiger partial charge in [-0.2, -0.15) is 0 Å². The van der Waals surface area contributed by atoms with Crippen molar-refractivity contribution in [3.63, 3.8) is 0 Å². The van der Waals surface area contributed by atoms with Crippen molar-refractivity contribution < 1.29 is 13.9 Å². The van der Waals surface area contributed by atoms with Gasteiger partial charge < -0.3 is 4.74 Å². The van der Waals surface area contributed by atoms with E-state index in [4.69, 9.17) is 4.74 Å². The first-order valence-electron chi connectivity index (χ1n) is 8.43. The summed E-state index contributed by atoms with van der Waals surface area (Å²) in [4.78, 5) is 16.3. The van der Waals surface area contributed by atoms with E-state index < -0.39 is 5.82 Å². The number of anilines is 1. The molecular weight excluding hydrogens is 351 g/mol. The highest BCUT2D eigenvalue weighted by molar-refractivity contribution is 7.22. The van der Waals surface area contributed by atoms with Crippen LogP contribution in [-0.4, -0.2) is 17.5 Å². The van der Waals surface area contributed by atoms with E-state index in [1.807, 2.05) is 24.3 Å². The molecule has 0 atom stereocenters. The number of para-hydroxylation sites is 2. The third-order valence-electron chi connectivity index (χ3n) is 3.69. The van der Waals surface area contributed by atoms with Gasteiger partial charge in [-0.15, -0.1) is 0 Å². The van der Waals surface area contributed by atoms with Gasteiger partial charge in [0, 0.05) is 11.6 Å². The highest BCUT2D eigenvalue weighted by atomic mass is 32.1. The Morgan fingerprint density at radius 1 is 1.27 bits per heavy atom. The van der Waals surface area contributed by atoms with Crippen LogP contribution < -0.4 is 10.1 Å². The first-order chi connectivity index (χ1) is 12.7. The molecule has 0 spiro atoms. The molecule has 1 amide bonds. The molecule has 26 heavy (non-hydrogen) atoms. The van der Waals surface area contributed by atoms with Gasteiger partial charge in [0.2, 0.25) is 5.91 Å². The Kier molecular flexibility index (Phi) is 5.96. The van der Waals surface area contributed by atoms with Crippen molar-refractivity contribution >= 4 is 38.7 Å². The van der Waals surface area contributed by atoms with E-state index >= 15 is 0 Å². The number of amides is 1. The Morgan fingerprint density at radius 2 is 2.12 bits per heavy atom. The molecule has 0 unspecified atom stereocenters. The molecule has 0 saturated heterocycles. The average Bonchev–Trinajstić information content (AvgIpc) is 3.05. The first kappa shape index (κ1) is 18.1. The third kappa shape index (κ3) is 4.46. The summed E-state index contributed by atoms with van der Waals surface area (Å²) < 4.78 is 20.1. The first-order valence-corrected chi connectivity index (χ1v) is 9.25. The van der Waals surface area contributed by atoms with Crippen molar-refractivity contribution in [3.05, 3.63) is 59.9 Å². The normalized spacial score (nSPS) is 11.2. The van der Waals surface area contributed by atoms with Crippen LogP contribution in [0.2, 0.25) is 0 Å². The van der Waals surface area contributed by atoms with Crippen molar-refractivity contribution in [3.8, 4) is 5.75 Å². The maximum atomic E-state index is 13.7. The number of fused-ring (bicyclic) bond motifs is 1. The molecule has 6 heteroatoms. The van der Waals surface area contributed by atoms with Crippen LogP contribution in [-0.2, 0) is 4.79 Å². The van der Waals surface area contributed by atoms with Gasteiger partial charge >= 0.3 is 0 Å². The number of hydrogen-bond acceptors (Lipinski definition) is 4. The summed E-state index contributed by atoms with van der Waals surface area (Å²) in [6.45, 7) is 2.75. The second kappa shape index (κ2) is 8.58. The number of halogens is 1. The standard InChI is InChI=1S/C20H19FN2O2S/c1-2-3-13-25-16-9-5-4-7-14(16)11-12-18(24)22-20-23-19-15(21)8-6-10-17(19)26-20/h4-12H,2-3,13H2,1H3,(H,22,23,24)/b12-11+. The minimum absolute atomic E-state index is 0.270. The Morgan fingerprint density at radius 3 is 2.92 bits per heavy atom. The zero-order valence-electron chi connectivity index (χ0n) is 14.4. The summed E-state index contributed by atoms with van der Waals surface area (Å²) in [6.07, 6.45) is 5.16. The smallest absolute Gasteiger partial charge is 0.250 e. The highest BCUT2D eigenvalue weighted by Gasteiger charge is 2.09. The van der Waals surface area contributed by atoms with Crippen LogP contribution in [0.1, 0.15) is 25.3 Å². The van der Waals surface area contributed by atoms with Crippen LogP contribution >= 0.6 is 11.3 Å². The molecule has 1 heterocycles. The van der Waals surface area contributed by atoms with Crippen molar-refractivity contribution in [2.45, 2.75) is 19.8 Å². The summed E-state index contributed by atoms with van der Waals surface area (Å²) in [5, 5.41) is 3.04. The number of hydrogen-bond donors (Lipinski definition) is 1. The van der Waals surface area contributed by atoms with Gasteiger partial charge in [-0.05, 0) is 30.7 Å². The average molecular weight is 370 g/mol. The van der Waals surface area contributed by atoms with Gasteiger partial charge in [0.1, 0.15) is 17.1 Å². The van der Waals surface area contributed by atoms with E-state index in [9.17, 15) is 9.18 Å². The SMILES string of the molecule is CCCCOc1ccccc1/C=C/C(=O)Nc1nc2c(F)cccc2s1. The minimum Gasteiger partial charge on any atom is -0.493 e. The number of ether oxygens (including phenoxy) is 1. The monoisotopic (exact) mass is 370 g/mol. The van der Waals surface area contributed by atoms with Crippen LogP contribution in [0.4, 0.5) is 9.52 Å². The fraction of sp³-hybridized carbons (Fsp3) is 0.200. The molecule has 2 aromatic carbocycles. The third-order valence-corrected chi connectivity index (χ3v) is 4.62. The largest absolute Gasteiger partial charge is 0.493 e. The van der Waals surface area contributed by atoms with Crippen molar-refractivity contribution in [2.24, 2.45) is 0 Å². The van der Waals surface area contributed by atoms with Gasteiger partial charge in [-0.3, -0.25) is 10.1 Å². The predicted octanol–water partition coefficient (Wildman–Crippen LogP) is 5.27. The lowest BCUT2D eigenvalue weighted by molar-refractivity contribution is -0.111. The molecule has 1 N–H and O–H groups in total. The fourth-order valence-electron chi connectivity index (χ4n) is 2.36. The van der Waals surface area contributed by atoms with E-state index in [0.717, 1.165) is 24.2 Å². The fourth-order valence-corrected chi connectivity index (χ4v) is 3.24. The van der Waals surface area contributed by atoms with Gasteiger partial charge in [-0.1, -0.05) is 48.9 Å². The molecule has 4 nitrogen and oxygen atoms in total. The van der Waals surface area contributed by atoms with Crippen LogP contribution in [0.5, 0.6) is 5.75 Å². The quantitative estimate of drug-likeness (QED) is 0.455. The van der Waals surface area contributed by atoms with Crippen molar-refractivity contribution in [1.29, 1.82) is 0 Å². The van der Waals surface area contributed by atoms with Crippen LogP contribution in [0.3, 0.4) is 0 Å². The van der Waals surface area contributed by atoms with Gasteiger partial charge in [0.05, 0.1) is 11.3 Å². The molecule has 3 rings (SSSR count). The molecule has 134 valence electrons. The molecule has 1 aromatic heterocycles. The van der Waals surface area contributed by atoms with Crippen LogP contribution in [0, 0.1) is 5.82 Å². The Hall–Kier alpha value is -2.73. The number of rotatable bonds is 7. The van der Waals surface area contributed by atoms with Crippen molar-refractivity contribution in [1.82, 2.24) is 4.98 Å². The minimum atomic E-state index is -0.395. The highest BCUT2D eigenvalue weighted by Crippen LogP contribution is 2.27. The van der Waals surface area contributed by atoms with Crippen LogP contribution in [0.25, 0.3) is 16.3 Å². The molecule has 0 aliphatic heterocycles. The molecule has 0 radical (unpaired) electrons. The van der Waals surface area contributed by atoms with Gasteiger partial charge in [0.15, 0.2) is 5.13 Å². The molecule has 0 aliphatic rings. The predicted molar refractivity (Wildman–Crippen MR) is 104 cm³/mol. The summed E-state index contributed by atoms with van der Waals surface area (Å²) in [6, 6.07) is 12.3. The Balaban J connectivity index is 1.68. The Bertz CT molecular complexity index is 936. The molecule has 0 bridgehead atoms. The van der Waals surface area contributed by atoms with Crippen LogP contribution in [0.15, 0.2) is 48.5 Å². The number of unbranched alkanes of at least 4 members (excludes halogenated alkanes) is 1. The lowest BCUT2D eigenvalue weighted by Crippen LogP contribution is -2.07. The lowest BCUT2D eigenvalue weighted by atomic mass is 10.2. The number of nitrogens with zero attached hydrogens (tertiary/aromatic N) is 1. The summed E-state index contributed by atoms with van der Waals surface area (Å²) >= 11 is 1.24. The number of thiazole rings is 1. The van der Waals surface area contributed by atoms with E-state index in [-0.39, 0.29) is 11.4 Å². The molecule has 0 aliphatic carbocycles. The van der Waals surface area contributed by atoms with Gasteiger partial charge in [0.25, 0.3) is 0 Å². The number of aromatic nitrogens is 1. The maximum Gasteiger partial charge on any atom is 0.250 e.